The zero-order chi connectivity index (χ0) is 13.8. The summed E-state index contributed by atoms with van der Waals surface area (Å²) in [5, 5.41) is 6.30. The standard InChI is InChI=1S/C16H22N2O2.ClH/c19-16(18-9-7-14-3-1-2-10-20-14)13-4-5-15-12(11-13)6-8-17-15;/h4-5,11,14,17H,1-3,6-10H2,(H,18,19);1H. The third-order valence-electron chi connectivity index (χ3n) is 4.10. The second-order valence-electron chi connectivity index (χ2n) is 5.58. The minimum Gasteiger partial charge on any atom is -0.384 e. The molecule has 0 aliphatic carbocycles. The summed E-state index contributed by atoms with van der Waals surface area (Å²) in [6.07, 6.45) is 5.79. The summed E-state index contributed by atoms with van der Waals surface area (Å²) in [6, 6.07) is 5.90. The molecule has 1 aromatic rings. The number of benzene rings is 1. The van der Waals surface area contributed by atoms with Crippen LogP contribution in [-0.2, 0) is 11.2 Å². The smallest absolute Gasteiger partial charge is 0.251 e. The Morgan fingerprint density at radius 2 is 2.29 bits per heavy atom. The lowest BCUT2D eigenvalue weighted by molar-refractivity contribution is 0.0117. The number of carbonyl (C=O) groups is 1. The van der Waals surface area contributed by atoms with E-state index in [0.717, 1.165) is 43.7 Å². The normalized spacial score (nSPS) is 20.1. The van der Waals surface area contributed by atoms with Gasteiger partial charge in [0, 0.05) is 30.9 Å². The summed E-state index contributed by atoms with van der Waals surface area (Å²) >= 11 is 0. The largest absolute Gasteiger partial charge is 0.384 e. The van der Waals surface area contributed by atoms with Gasteiger partial charge in [-0.05, 0) is 55.9 Å². The van der Waals surface area contributed by atoms with Crippen molar-refractivity contribution in [1.82, 2.24) is 5.32 Å². The molecule has 0 spiro atoms. The topological polar surface area (TPSA) is 50.4 Å². The van der Waals surface area contributed by atoms with E-state index in [-0.39, 0.29) is 18.3 Å². The van der Waals surface area contributed by atoms with Crippen molar-refractivity contribution in [1.29, 1.82) is 0 Å². The van der Waals surface area contributed by atoms with E-state index in [1.54, 1.807) is 0 Å². The fourth-order valence-electron chi connectivity index (χ4n) is 2.93. The number of hydrogen-bond donors (Lipinski definition) is 2. The van der Waals surface area contributed by atoms with Gasteiger partial charge in [0.1, 0.15) is 0 Å². The molecule has 2 N–H and O–H groups in total. The van der Waals surface area contributed by atoms with Gasteiger partial charge in [-0.25, -0.2) is 0 Å². The number of ether oxygens (including phenoxy) is 1. The molecule has 2 aliphatic rings. The third kappa shape index (κ3) is 4.11. The molecule has 0 saturated carbocycles. The first kappa shape index (κ1) is 16.1. The average Bonchev–Trinajstić information content (AvgIpc) is 2.95. The first-order valence-corrected chi connectivity index (χ1v) is 7.59. The van der Waals surface area contributed by atoms with Crippen LogP contribution in [0.15, 0.2) is 18.2 Å². The molecule has 0 aromatic heterocycles. The van der Waals surface area contributed by atoms with Crippen molar-refractivity contribution in [3.8, 4) is 0 Å². The number of halogens is 1. The Balaban J connectivity index is 0.00000161. The monoisotopic (exact) mass is 310 g/mol. The molecule has 116 valence electrons. The molecule has 2 aliphatic heterocycles. The maximum Gasteiger partial charge on any atom is 0.251 e. The first-order chi connectivity index (χ1) is 9.83. The van der Waals surface area contributed by atoms with E-state index < -0.39 is 0 Å². The number of hydrogen-bond acceptors (Lipinski definition) is 3. The summed E-state index contributed by atoms with van der Waals surface area (Å²) in [5.74, 6) is 0.0236. The quantitative estimate of drug-likeness (QED) is 0.899. The molecule has 5 heteroatoms. The molecule has 3 rings (SSSR count). The Morgan fingerprint density at radius 3 is 3.10 bits per heavy atom. The van der Waals surface area contributed by atoms with Crippen molar-refractivity contribution in [2.24, 2.45) is 0 Å². The summed E-state index contributed by atoms with van der Waals surface area (Å²) in [4.78, 5) is 12.1. The van der Waals surface area contributed by atoms with Crippen LogP contribution in [0.25, 0.3) is 0 Å². The van der Waals surface area contributed by atoms with Crippen LogP contribution in [0, 0.1) is 0 Å². The van der Waals surface area contributed by atoms with Gasteiger partial charge in [0.05, 0.1) is 6.10 Å². The van der Waals surface area contributed by atoms with E-state index in [9.17, 15) is 4.79 Å². The van der Waals surface area contributed by atoms with Gasteiger partial charge in [-0.1, -0.05) is 0 Å². The van der Waals surface area contributed by atoms with Gasteiger partial charge in [-0.3, -0.25) is 4.79 Å². The van der Waals surface area contributed by atoms with E-state index in [0.29, 0.717) is 12.6 Å². The lowest BCUT2D eigenvalue weighted by Crippen LogP contribution is -2.29. The minimum atomic E-state index is 0. The molecule has 1 fully saturated rings. The predicted molar refractivity (Wildman–Crippen MR) is 86.4 cm³/mol. The zero-order valence-electron chi connectivity index (χ0n) is 12.2. The van der Waals surface area contributed by atoms with Crippen molar-refractivity contribution in [2.75, 3.05) is 25.0 Å². The predicted octanol–water partition coefficient (Wildman–Crippen LogP) is 2.77. The highest BCUT2D eigenvalue weighted by Crippen LogP contribution is 2.23. The van der Waals surface area contributed by atoms with E-state index in [4.69, 9.17) is 4.74 Å². The molecule has 21 heavy (non-hydrogen) atoms. The molecule has 0 bridgehead atoms. The van der Waals surface area contributed by atoms with Gasteiger partial charge >= 0.3 is 0 Å². The highest BCUT2D eigenvalue weighted by molar-refractivity contribution is 5.95. The fourth-order valence-corrected chi connectivity index (χ4v) is 2.93. The Hall–Kier alpha value is -1.26. The van der Waals surface area contributed by atoms with Crippen LogP contribution >= 0.6 is 12.4 Å². The van der Waals surface area contributed by atoms with Crippen LogP contribution in [0.2, 0.25) is 0 Å². The maximum absolute atomic E-state index is 12.1. The van der Waals surface area contributed by atoms with Crippen molar-refractivity contribution >= 4 is 24.0 Å². The molecular formula is C16H23ClN2O2. The first-order valence-electron chi connectivity index (χ1n) is 7.59. The highest BCUT2D eigenvalue weighted by Gasteiger charge is 2.15. The van der Waals surface area contributed by atoms with Crippen LogP contribution in [-0.4, -0.2) is 31.7 Å². The van der Waals surface area contributed by atoms with Crippen LogP contribution in [0.3, 0.4) is 0 Å². The van der Waals surface area contributed by atoms with Crippen LogP contribution in [0.5, 0.6) is 0 Å². The molecule has 1 unspecified atom stereocenters. The van der Waals surface area contributed by atoms with Gasteiger partial charge in [0.25, 0.3) is 5.91 Å². The van der Waals surface area contributed by atoms with Crippen molar-refractivity contribution in [2.45, 2.75) is 38.2 Å². The maximum atomic E-state index is 12.1. The minimum absolute atomic E-state index is 0. The van der Waals surface area contributed by atoms with Crippen LogP contribution in [0.4, 0.5) is 5.69 Å². The second-order valence-corrected chi connectivity index (χ2v) is 5.58. The van der Waals surface area contributed by atoms with Crippen molar-refractivity contribution < 1.29 is 9.53 Å². The number of carbonyl (C=O) groups excluding carboxylic acids is 1. The molecule has 4 nitrogen and oxygen atoms in total. The lowest BCUT2D eigenvalue weighted by atomic mass is 10.1. The highest BCUT2D eigenvalue weighted by atomic mass is 35.5. The summed E-state index contributed by atoms with van der Waals surface area (Å²) < 4.78 is 5.67. The summed E-state index contributed by atoms with van der Waals surface area (Å²) in [5.41, 5.74) is 3.17. The van der Waals surface area contributed by atoms with E-state index in [2.05, 4.69) is 10.6 Å². The SMILES string of the molecule is Cl.O=C(NCCC1CCCCO1)c1ccc2c(c1)CCN2. The van der Waals surface area contributed by atoms with Crippen molar-refractivity contribution in [3.05, 3.63) is 29.3 Å². The number of nitrogens with one attached hydrogen (secondary N) is 2. The van der Waals surface area contributed by atoms with E-state index >= 15 is 0 Å². The molecule has 1 amide bonds. The Bertz CT molecular complexity index is 487. The van der Waals surface area contributed by atoms with Gasteiger partial charge in [0.15, 0.2) is 0 Å². The second kappa shape index (κ2) is 7.66. The molecule has 2 heterocycles. The Labute approximate surface area is 132 Å². The summed E-state index contributed by atoms with van der Waals surface area (Å²) in [6.45, 7) is 2.54. The van der Waals surface area contributed by atoms with E-state index in [1.807, 2.05) is 18.2 Å². The van der Waals surface area contributed by atoms with Gasteiger partial charge in [-0.15, -0.1) is 12.4 Å². The third-order valence-corrected chi connectivity index (χ3v) is 4.10. The van der Waals surface area contributed by atoms with Crippen LogP contribution < -0.4 is 10.6 Å². The van der Waals surface area contributed by atoms with Gasteiger partial charge in [0.2, 0.25) is 0 Å². The Kier molecular flexibility index (Phi) is 5.88. The van der Waals surface area contributed by atoms with Crippen LogP contribution in [0.1, 0.15) is 41.6 Å². The zero-order valence-corrected chi connectivity index (χ0v) is 13.0. The molecule has 1 saturated heterocycles. The van der Waals surface area contributed by atoms with E-state index in [1.165, 1.54) is 18.4 Å². The summed E-state index contributed by atoms with van der Waals surface area (Å²) in [7, 11) is 0. The average molecular weight is 311 g/mol. The van der Waals surface area contributed by atoms with Crippen molar-refractivity contribution in [3.63, 3.8) is 0 Å². The molecule has 1 atom stereocenters. The molecule has 0 radical (unpaired) electrons. The molecule has 1 aromatic carbocycles. The van der Waals surface area contributed by atoms with Gasteiger partial charge < -0.3 is 15.4 Å². The fraction of sp³-hybridized carbons (Fsp3) is 0.562. The molecular weight excluding hydrogens is 288 g/mol. The van der Waals surface area contributed by atoms with Gasteiger partial charge in [-0.2, -0.15) is 0 Å². The number of rotatable bonds is 4. The Morgan fingerprint density at radius 1 is 1.38 bits per heavy atom. The number of amides is 1. The lowest BCUT2D eigenvalue weighted by Gasteiger charge is -2.22. The number of fused-ring (bicyclic) bond motifs is 1. The number of anilines is 1.